The molecule has 2 N–H and O–H groups in total. The van der Waals surface area contributed by atoms with Crippen LogP contribution in [-0.2, 0) is 4.74 Å². The van der Waals surface area contributed by atoms with Crippen molar-refractivity contribution in [2.75, 3.05) is 6.61 Å². The van der Waals surface area contributed by atoms with Crippen molar-refractivity contribution in [2.45, 2.75) is 64.8 Å². The number of aliphatic hydroxyl groups is 2. The predicted molar refractivity (Wildman–Crippen MR) is 57.0 cm³/mol. The van der Waals surface area contributed by atoms with Crippen LogP contribution in [0.15, 0.2) is 0 Å². The maximum Gasteiger partial charge on any atom is 0.180 e. The number of rotatable bonds is 9. The summed E-state index contributed by atoms with van der Waals surface area (Å²) in [4.78, 5) is 0. The Morgan fingerprint density at radius 2 is 1.57 bits per heavy atom. The molecule has 0 radical (unpaired) electrons. The summed E-state index contributed by atoms with van der Waals surface area (Å²) in [7, 11) is 0. The van der Waals surface area contributed by atoms with Crippen molar-refractivity contribution >= 4 is 0 Å². The number of aliphatic hydroxyl groups excluding tert-OH is 2. The molecule has 0 aromatic carbocycles. The molecular weight excluding hydrogens is 180 g/mol. The summed E-state index contributed by atoms with van der Waals surface area (Å²) in [5, 5.41) is 18.0. The van der Waals surface area contributed by atoms with Crippen LogP contribution in [0.4, 0.5) is 0 Å². The largest absolute Gasteiger partial charge is 0.388 e. The fourth-order valence-corrected chi connectivity index (χ4v) is 1.23. The first-order valence-corrected chi connectivity index (χ1v) is 5.66. The van der Waals surface area contributed by atoms with Crippen LogP contribution in [0.25, 0.3) is 0 Å². The van der Waals surface area contributed by atoms with Crippen LogP contribution in [-0.4, -0.2) is 29.2 Å². The first-order chi connectivity index (χ1) is 6.68. The van der Waals surface area contributed by atoms with Crippen LogP contribution in [0.3, 0.4) is 0 Å². The van der Waals surface area contributed by atoms with Crippen LogP contribution in [0.2, 0.25) is 0 Å². The van der Waals surface area contributed by atoms with Gasteiger partial charge < -0.3 is 14.9 Å². The van der Waals surface area contributed by atoms with Gasteiger partial charge in [-0.3, -0.25) is 0 Å². The molecule has 3 nitrogen and oxygen atoms in total. The molecule has 0 aliphatic heterocycles. The molecule has 0 aromatic heterocycles. The summed E-state index contributed by atoms with van der Waals surface area (Å²) in [6.07, 6.45) is 5.38. The second-order valence-electron chi connectivity index (χ2n) is 3.77. The smallest absolute Gasteiger partial charge is 0.180 e. The Balaban J connectivity index is 3.06. The molecule has 0 saturated carbocycles. The predicted octanol–water partition coefficient (Wildman–Crippen LogP) is 2.06. The van der Waals surface area contributed by atoms with Crippen molar-refractivity contribution in [3.05, 3.63) is 0 Å². The third-order valence-electron chi connectivity index (χ3n) is 2.20. The zero-order chi connectivity index (χ0) is 10.8. The van der Waals surface area contributed by atoms with Crippen molar-refractivity contribution < 1.29 is 14.9 Å². The van der Waals surface area contributed by atoms with Gasteiger partial charge in [-0.05, 0) is 13.3 Å². The van der Waals surface area contributed by atoms with Gasteiger partial charge in [0.05, 0.1) is 0 Å². The Hall–Kier alpha value is -0.120. The van der Waals surface area contributed by atoms with Crippen molar-refractivity contribution in [1.29, 1.82) is 0 Å². The Kier molecular flexibility index (Phi) is 9.35. The van der Waals surface area contributed by atoms with E-state index >= 15 is 0 Å². The van der Waals surface area contributed by atoms with E-state index < -0.39 is 12.4 Å². The average molecular weight is 204 g/mol. The standard InChI is InChI=1S/C11H24O3/c1-3-4-5-6-7-8-9-14-11(13)10(2)12/h10-13H,3-9H2,1-2H3. The van der Waals surface area contributed by atoms with Crippen LogP contribution >= 0.6 is 0 Å². The van der Waals surface area contributed by atoms with Gasteiger partial charge in [-0.2, -0.15) is 0 Å². The lowest BCUT2D eigenvalue weighted by Gasteiger charge is -2.13. The van der Waals surface area contributed by atoms with Gasteiger partial charge in [0.2, 0.25) is 0 Å². The highest BCUT2D eigenvalue weighted by Crippen LogP contribution is 2.05. The second kappa shape index (κ2) is 9.44. The molecule has 14 heavy (non-hydrogen) atoms. The van der Waals surface area contributed by atoms with E-state index in [4.69, 9.17) is 14.9 Å². The van der Waals surface area contributed by atoms with E-state index in [0.29, 0.717) is 6.61 Å². The molecule has 2 unspecified atom stereocenters. The van der Waals surface area contributed by atoms with Gasteiger partial charge in [0.1, 0.15) is 6.10 Å². The van der Waals surface area contributed by atoms with E-state index in [-0.39, 0.29) is 0 Å². The third-order valence-corrected chi connectivity index (χ3v) is 2.20. The quantitative estimate of drug-likeness (QED) is 0.446. The van der Waals surface area contributed by atoms with Gasteiger partial charge in [0.15, 0.2) is 6.29 Å². The van der Waals surface area contributed by atoms with Gasteiger partial charge >= 0.3 is 0 Å². The second-order valence-corrected chi connectivity index (χ2v) is 3.77. The first-order valence-electron chi connectivity index (χ1n) is 5.66. The van der Waals surface area contributed by atoms with E-state index in [1.165, 1.54) is 32.6 Å². The van der Waals surface area contributed by atoms with Crippen LogP contribution < -0.4 is 0 Å². The van der Waals surface area contributed by atoms with Gasteiger partial charge in [-0.25, -0.2) is 0 Å². The highest BCUT2D eigenvalue weighted by atomic mass is 16.6. The van der Waals surface area contributed by atoms with Crippen molar-refractivity contribution in [3.8, 4) is 0 Å². The van der Waals surface area contributed by atoms with Crippen LogP contribution in [0.1, 0.15) is 52.4 Å². The summed E-state index contributed by atoms with van der Waals surface area (Å²) in [5.41, 5.74) is 0. The Morgan fingerprint density at radius 3 is 2.14 bits per heavy atom. The summed E-state index contributed by atoms with van der Waals surface area (Å²) in [5.74, 6) is 0. The highest BCUT2D eigenvalue weighted by Gasteiger charge is 2.09. The number of unbranched alkanes of at least 4 members (excludes halogenated alkanes) is 5. The number of ether oxygens (including phenoxy) is 1. The minimum atomic E-state index is -1.02. The summed E-state index contributed by atoms with van der Waals surface area (Å²) in [6.45, 7) is 4.26. The molecule has 0 heterocycles. The molecule has 0 rings (SSSR count). The SMILES string of the molecule is CCCCCCCCOC(O)C(C)O. The zero-order valence-corrected chi connectivity index (χ0v) is 9.41. The molecule has 0 aliphatic rings. The van der Waals surface area contributed by atoms with E-state index in [1.54, 1.807) is 0 Å². The lowest BCUT2D eigenvalue weighted by molar-refractivity contribution is -0.156. The van der Waals surface area contributed by atoms with Crippen LogP contribution in [0, 0.1) is 0 Å². The highest BCUT2D eigenvalue weighted by molar-refractivity contribution is 4.49. The third kappa shape index (κ3) is 8.48. The molecule has 0 saturated heterocycles. The van der Waals surface area contributed by atoms with Crippen molar-refractivity contribution in [1.82, 2.24) is 0 Å². The zero-order valence-electron chi connectivity index (χ0n) is 9.41. The maximum atomic E-state index is 9.09. The number of hydrogen-bond donors (Lipinski definition) is 2. The molecule has 0 bridgehead atoms. The molecule has 2 atom stereocenters. The lowest BCUT2D eigenvalue weighted by Crippen LogP contribution is -2.26. The Morgan fingerprint density at radius 1 is 1.00 bits per heavy atom. The minimum Gasteiger partial charge on any atom is -0.388 e. The van der Waals surface area contributed by atoms with E-state index in [0.717, 1.165) is 12.8 Å². The summed E-state index contributed by atoms with van der Waals surface area (Å²) < 4.78 is 5.02. The molecule has 0 aliphatic carbocycles. The molecule has 86 valence electrons. The fourth-order valence-electron chi connectivity index (χ4n) is 1.23. The molecule has 0 spiro atoms. The molecule has 0 aromatic rings. The topological polar surface area (TPSA) is 49.7 Å². The first kappa shape index (κ1) is 13.9. The Labute approximate surface area is 87.1 Å². The maximum absolute atomic E-state index is 9.09. The number of hydrogen-bond acceptors (Lipinski definition) is 3. The van der Waals surface area contributed by atoms with Crippen molar-refractivity contribution in [3.63, 3.8) is 0 Å². The average Bonchev–Trinajstić information content (AvgIpc) is 2.16. The molecule has 3 heteroatoms. The van der Waals surface area contributed by atoms with E-state index in [2.05, 4.69) is 6.92 Å². The van der Waals surface area contributed by atoms with E-state index in [9.17, 15) is 0 Å². The van der Waals surface area contributed by atoms with E-state index in [1.807, 2.05) is 0 Å². The van der Waals surface area contributed by atoms with Crippen LogP contribution in [0.5, 0.6) is 0 Å². The monoisotopic (exact) mass is 204 g/mol. The van der Waals surface area contributed by atoms with Gasteiger partial charge in [0.25, 0.3) is 0 Å². The van der Waals surface area contributed by atoms with Gasteiger partial charge in [-0.15, -0.1) is 0 Å². The van der Waals surface area contributed by atoms with Gasteiger partial charge in [0, 0.05) is 6.61 Å². The fraction of sp³-hybridized carbons (Fsp3) is 1.00. The van der Waals surface area contributed by atoms with Gasteiger partial charge in [-0.1, -0.05) is 39.0 Å². The summed E-state index contributed by atoms with van der Waals surface area (Å²) in [6, 6.07) is 0. The Bertz CT molecular complexity index is 115. The normalized spacial score (nSPS) is 15.4. The minimum absolute atomic E-state index is 0.540. The molecular formula is C11H24O3. The summed E-state index contributed by atoms with van der Waals surface area (Å²) >= 11 is 0. The molecule has 0 amide bonds. The molecule has 0 fully saturated rings. The lowest BCUT2D eigenvalue weighted by atomic mass is 10.1. The van der Waals surface area contributed by atoms with Crippen molar-refractivity contribution in [2.24, 2.45) is 0 Å².